The average Bonchev–Trinajstić information content (AvgIpc) is 2.40. The fourth-order valence-corrected chi connectivity index (χ4v) is 6.01. The third kappa shape index (κ3) is 4.69. The Bertz CT molecular complexity index is 669. The van der Waals surface area contributed by atoms with Crippen LogP contribution in [0.1, 0.15) is 18.4 Å². The van der Waals surface area contributed by atoms with E-state index in [1.807, 2.05) is 12.1 Å². The van der Waals surface area contributed by atoms with Crippen LogP contribution in [-0.4, -0.2) is 38.9 Å². The minimum Gasteiger partial charge on any atom is -0.283 e. The molecule has 118 valence electrons. The zero-order chi connectivity index (χ0) is 15.5. The molecule has 1 aromatic rings. The van der Waals surface area contributed by atoms with Crippen LogP contribution in [0.5, 0.6) is 0 Å². The minimum atomic E-state index is -3.54. The number of aryl methyl sites for hydroxylation is 1. The van der Waals surface area contributed by atoms with Crippen molar-refractivity contribution < 1.29 is 16.8 Å². The number of benzene rings is 1. The second-order valence-corrected chi connectivity index (χ2v) is 10.2. The van der Waals surface area contributed by atoms with Crippen molar-refractivity contribution in [2.75, 3.05) is 21.6 Å². The maximum absolute atomic E-state index is 12.3. The Kier molecular flexibility index (Phi) is 5.32. The molecule has 0 atom stereocenters. The van der Waals surface area contributed by atoms with Crippen LogP contribution in [0, 0.1) is 0 Å². The van der Waals surface area contributed by atoms with Gasteiger partial charge in [0.05, 0.1) is 16.8 Å². The predicted octanol–water partition coefficient (Wildman–Crippen LogP) is 1.94. The van der Waals surface area contributed by atoms with Crippen molar-refractivity contribution in [2.24, 2.45) is 0 Å². The van der Waals surface area contributed by atoms with Gasteiger partial charge in [-0.25, -0.2) is 16.8 Å². The summed E-state index contributed by atoms with van der Waals surface area (Å²) in [4.78, 5) is 0. The molecule has 1 aliphatic rings. The average molecular weight is 396 g/mol. The van der Waals surface area contributed by atoms with Gasteiger partial charge in [0.25, 0.3) is 0 Å². The summed E-state index contributed by atoms with van der Waals surface area (Å²) >= 11 is 3.35. The molecule has 0 saturated carbocycles. The van der Waals surface area contributed by atoms with Crippen LogP contribution in [0.4, 0.5) is 5.69 Å². The second-order valence-electron chi connectivity index (χ2n) is 5.13. The van der Waals surface area contributed by atoms with Crippen molar-refractivity contribution in [3.8, 4) is 0 Å². The minimum absolute atomic E-state index is 0.0528. The second kappa shape index (κ2) is 6.66. The standard InChI is InChI=1S/C13H18BrNO4S2/c14-8-5-11-1-3-12(4-2-11)15-21(18,19)13-6-9-20(16,17)10-7-13/h1-4,13,15H,5-10H2. The van der Waals surface area contributed by atoms with Crippen LogP contribution >= 0.6 is 15.9 Å². The molecule has 1 heterocycles. The summed E-state index contributed by atoms with van der Waals surface area (Å²) in [5, 5.41) is 0.220. The van der Waals surface area contributed by atoms with E-state index in [4.69, 9.17) is 0 Å². The van der Waals surface area contributed by atoms with Crippen LogP contribution < -0.4 is 4.72 Å². The molecule has 0 unspecified atom stereocenters. The van der Waals surface area contributed by atoms with Gasteiger partial charge in [0.2, 0.25) is 10.0 Å². The van der Waals surface area contributed by atoms with Crippen molar-refractivity contribution >= 4 is 41.5 Å². The van der Waals surface area contributed by atoms with Crippen molar-refractivity contribution in [3.63, 3.8) is 0 Å². The zero-order valence-corrected chi connectivity index (χ0v) is 14.7. The summed E-state index contributed by atoms with van der Waals surface area (Å²) < 4.78 is 49.8. The third-order valence-electron chi connectivity index (χ3n) is 3.54. The maximum atomic E-state index is 12.3. The van der Waals surface area contributed by atoms with Crippen LogP contribution in [0.15, 0.2) is 24.3 Å². The monoisotopic (exact) mass is 395 g/mol. The van der Waals surface area contributed by atoms with Gasteiger partial charge in [-0.3, -0.25) is 4.72 Å². The number of sulfone groups is 1. The molecule has 1 aromatic carbocycles. The molecular weight excluding hydrogens is 378 g/mol. The van der Waals surface area contributed by atoms with Gasteiger partial charge in [0, 0.05) is 11.0 Å². The van der Waals surface area contributed by atoms with E-state index in [0.717, 1.165) is 17.3 Å². The van der Waals surface area contributed by atoms with E-state index in [2.05, 4.69) is 20.7 Å². The van der Waals surface area contributed by atoms with Gasteiger partial charge in [-0.05, 0) is 37.0 Å². The molecule has 8 heteroatoms. The number of halogens is 1. The molecule has 0 spiro atoms. The Hall–Kier alpha value is -0.600. The largest absolute Gasteiger partial charge is 0.283 e. The Labute approximate surface area is 134 Å². The molecule has 5 nitrogen and oxygen atoms in total. The first kappa shape index (κ1) is 16.8. The third-order valence-corrected chi connectivity index (χ3v) is 7.52. The van der Waals surface area contributed by atoms with Gasteiger partial charge in [-0.1, -0.05) is 28.1 Å². The van der Waals surface area contributed by atoms with Gasteiger partial charge in [0.1, 0.15) is 9.84 Å². The first-order chi connectivity index (χ1) is 9.82. The molecule has 0 bridgehead atoms. The number of sulfonamides is 1. The molecule has 1 aliphatic heterocycles. The SMILES string of the molecule is O=S1(=O)CCC(S(=O)(=O)Nc2ccc(CCBr)cc2)CC1. The van der Waals surface area contributed by atoms with Gasteiger partial charge in [0.15, 0.2) is 0 Å². The lowest BCUT2D eigenvalue weighted by Crippen LogP contribution is -2.36. The van der Waals surface area contributed by atoms with Crippen molar-refractivity contribution in [2.45, 2.75) is 24.5 Å². The van der Waals surface area contributed by atoms with E-state index in [9.17, 15) is 16.8 Å². The Balaban J connectivity index is 2.04. The molecule has 1 fully saturated rings. The molecule has 0 aromatic heterocycles. The van der Waals surface area contributed by atoms with E-state index >= 15 is 0 Å². The normalized spacial score (nSPS) is 19.3. The zero-order valence-electron chi connectivity index (χ0n) is 11.5. The van der Waals surface area contributed by atoms with Crippen LogP contribution in [0.3, 0.4) is 0 Å². The molecular formula is C13H18BrNO4S2. The molecule has 0 radical (unpaired) electrons. The highest BCUT2D eigenvalue weighted by atomic mass is 79.9. The first-order valence-corrected chi connectivity index (χ1v) is 11.2. The maximum Gasteiger partial charge on any atom is 0.235 e. The van der Waals surface area contributed by atoms with E-state index in [0.29, 0.717) is 5.69 Å². The lowest BCUT2D eigenvalue weighted by Gasteiger charge is -2.22. The number of hydrogen-bond donors (Lipinski definition) is 1. The summed E-state index contributed by atoms with van der Waals surface area (Å²) in [5.74, 6) is -0.106. The van der Waals surface area contributed by atoms with Crippen molar-refractivity contribution in [1.82, 2.24) is 0 Å². The lowest BCUT2D eigenvalue weighted by atomic mass is 10.2. The molecule has 21 heavy (non-hydrogen) atoms. The quantitative estimate of drug-likeness (QED) is 0.772. The number of rotatable bonds is 5. The van der Waals surface area contributed by atoms with Gasteiger partial charge in [-0.15, -0.1) is 0 Å². The van der Waals surface area contributed by atoms with Crippen molar-refractivity contribution in [3.05, 3.63) is 29.8 Å². The van der Waals surface area contributed by atoms with E-state index in [-0.39, 0.29) is 24.3 Å². The summed E-state index contributed by atoms with van der Waals surface area (Å²) in [6.07, 6.45) is 1.21. The smallest absolute Gasteiger partial charge is 0.235 e. The highest BCUT2D eigenvalue weighted by molar-refractivity contribution is 9.09. The Morgan fingerprint density at radius 3 is 2.24 bits per heavy atom. The van der Waals surface area contributed by atoms with E-state index < -0.39 is 25.1 Å². The highest BCUT2D eigenvalue weighted by Crippen LogP contribution is 2.22. The highest BCUT2D eigenvalue weighted by Gasteiger charge is 2.32. The predicted molar refractivity (Wildman–Crippen MR) is 88.2 cm³/mol. The number of nitrogens with one attached hydrogen (secondary N) is 1. The molecule has 1 saturated heterocycles. The van der Waals surface area contributed by atoms with Crippen LogP contribution in [0.2, 0.25) is 0 Å². The van der Waals surface area contributed by atoms with E-state index in [1.165, 1.54) is 0 Å². The fourth-order valence-electron chi connectivity index (χ4n) is 2.27. The van der Waals surface area contributed by atoms with E-state index in [1.54, 1.807) is 12.1 Å². The van der Waals surface area contributed by atoms with Crippen LogP contribution in [-0.2, 0) is 26.3 Å². The summed E-state index contributed by atoms with van der Waals surface area (Å²) in [5.41, 5.74) is 1.64. The molecule has 0 amide bonds. The fraction of sp³-hybridized carbons (Fsp3) is 0.538. The topological polar surface area (TPSA) is 80.3 Å². The Morgan fingerprint density at radius 1 is 1.14 bits per heavy atom. The number of hydrogen-bond acceptors (Lipinski definition) is 4. The van der Waals surface area contributed by atoms with Gasteiger partial charge < -0.3 is 0 Å². The summed E-state index contributed by atoms with van der Waals surface area (Å²) in [7, 11) is -6.59. The number of anilines is 1. The molecule has 2 rings (SSSR count). The van der Waals surface area contributed by atoms with Crippen LogP contribution in [0.25, 0.3) is 0 Å². The van der Waals surface area contributed by atoms with Gasteiger partial charge >= 0.3 is 0 Å². The van der Waals surface area contributed by atoms with Gasteiger partial charge in [-0.2, -0.15) is 0 Å². The first-order valence-electron chi connectivity index (χ1n) is 6.69. The van der Waals surface area contributed by atoms with Crippen molar-refractivity contribution in [1.29, 1.82) is 0 Å². The molecule has 1 N–H and O–H groups in total. The summed E-state index contributed by atoms with van der Waals surface area (Å²) in [6, 6.07) is 7.22. The number of alkyl halides is 1. The lowest BCUT2D eigenvalue weighted by molar-refractivity contribution is 0.555. The summed E-state index contributed by atoms with van der Waals surface area (Å²) in [6.45, 7) is 0. The Morgan fingerprint density at radius 2 is 1.71 bits per heavy atom. The molecule has 0 aliphatic carbocycles.